The maximum atomic E-state index is 12.8. The number of aryl methyl sites for hydroxylation is 1. The SMILES string of the molecule is O=C(C1CCC1)N1CCCCN2CCCCC2CCc2cccc(c2)OCC1. The number of hydrogen-bond donors (Lipinski definition) is 0. The van der Waals surface area contributed by atoms with Gasteiger partial charge in [0.05, 0.1) is 6.54 Å². The molecule has 2 fully saturated rings. The fourth-order valence-corrected chi connectivity index (χ4v) is 4.94. The summed E-state index contributed by atoms with van der Waals surface area (Å²) in [4.78, 5) is 17.6. The molecule has 1 aliphatic carbocycles. The first-order valence-corrected chi connectivity index (χ1v) is 11.5. The lowest BCUT2D eigenvalue weighted by molar-refractivity contribution is -0.138. The predicted octanol–water partition coefficient (Wildman–Crippen LogP) is 4.28. The van der Waals surface area contributed by atoms with Crippen LogP contribution in [-0.4, -0.2) is 54.5 Å². The minimum absolute atomic E-state index is 0.275. The van der Waals surface area contributed by atoms with Crippen LogP contribution in [0, 0.1) is 5.92 Å². The standard InChI is InChI=1S/C24H36N2O2/c27-24(21-8-6-9-21)26-16-4-3-15-25-14-2-1-10-22(25)13-12-20-7-5-11-23(19-20)28-18-17-26/h5,7,11,19,21-22H,1-4,6,8-10,12-18H2. The summed E-state index contributed by atoms with van der Waals surface area (Å²) >= 11 is 0. The number of carbonyl (C=O) groups excluding carboxylic acids is 1. The molecule has 2 aliphatic heterocycles. The van der Waals surface area contributed by atoms with E-state index in [2.05, 4.69) is 28.0 Å². The Morgan fingerprint density at radius 3 is 2.54 bits per heavy atom. The van der Waals surface area contributed by atoms with Crippen molar-refractivity contribution in [3.05, 3.63) is 29.8 Å². The second-order valence-corrected chi connectivity index (χ2v) is 8.88. The first-order chi connectivity index (χ1) is 13.8. The summed E-state index contributed by atoms with van der Waals surface area (Å²) in [7, 11) is 0. The smallest absolute Gasteiger partial charge is 0.225 e. The fourth-order valence-electron chi connectivity index (χ4n) is 4.94. The Morgan fingerprint density at radius 1 is 0.893 bits per heavy atom. The van der Waals surface area contributed by atoms with Gasteiger partial charge in [-0.15, -0.1) is 0 Å². The monoisotopic (exact) mass is 384 g/mol. The van der Waals surface area contributed by atoms with Gasteiger partial charge in [-0.3, -0.25) is 4.79 Å². The molecule has 0 spiro atoms. The molecule has 2 bridgehead atoms. The molecule has 0 aromatic heterocycles. The Bertz CT molecular complexity index is 643. The summed E-state index contributed by atoms with van der Waals surface area (Å²) in [5.41, 5.74) is 1.38. The predicted molar refractivity (Wildman–Crippen MR) is 113 cm³/mol. The third-order valence-corrected chi connectivity index (χ3v) is 6.93. The number of carbonyl (C=O) groups is 1. The van der Waals surface area contributed by atoms with Crippen molar-refractivity contribution in [2.24, 2.45) is 5.92 Å². The number of fused-ring (bicyclic) bond motifs is 3. The molecule has 1 amide bonds. The van der Waals surface area contributed by atoms with E-state index in [1.165, 1.54) is 57.2 Å². The minimum atomic E-state index is 0.275. The molecule has 0 radical (unpaired) electrons. The second-order valence-electron chi connectivity index (χ2n) is 8.88. The van der Waals surface area contributed by atoms with Gasteiger partial charge < -0.3 is 14.5 Å². The molecule has 1 unspecified atom stereocenters. The maximum Gasteiger partial charge on any atom is 0.225 e. The van der Waals surface area contributed by atoms with Crippen molar-refractivity contribution in [3.8, 4) is 5.75 Å². The summed E-state index contributed by atoms with van der Waals surface area (Å²) in [6, 6.07) is 9.30. The summed E-state index contributed by atoms with van der Waals surface area (Å²) < 4.78 is 6.04. The van der Waals surface area contributed by atoms with Gasteiger partial charge in [-0.2, -0.15) is 0 Å². The van der Waals surface area contributed by atoms with E-state index >= 15 is 0 Å². The van der Waals surface area contributed by atoms with E-state index in [1.54, 1.807) is 0 Å². The maximum absolute atomic E-state index is 12.8. The van der Waals surface area contributed by atoms with Crippen molar-refractivity contribution < 1.29 is 9.53 Å². The van der Waals surface area contributed by atoms with Gasteiger partial charge in [0, 0.05) is 18.5 Å². The van der Waals surface area contributed by atoms with E-state index in [0.717, 1.165) is 44.0 Å². The van der Waals surface area contributed by atoms with Crippen LogP contribution in [0.15, 0.2) is 24.3 Å². The third kappa shape index (κ3) is 5.08. The van der Waals surface area contributed by atoms with Crippen LogP contribution >= 0.6 is 0 Å². The Balaban J connectivity index is 1.44. The van der Waals surface area contributed by atoms with Crippen molar-refractivity contribution in [2.75, 3.05) is 32.8 Å². The molecule has 3 aliphatic rings. The van der Waals surface area contributed by atoms with Crippen LogP contribution in [0.1, 0.15) is 63.4 Å². The van der Waals surface area contributed by atoms with Crippen molar-refractivity contribution in [2.45, 2.75) is 70.3 Å². The number of hydrogen-bond acceptors (Lipinski definition) is 3. The molecule has 0 N–H and O–H groups in total. The van der Waals surface area contributed by atoms with Crippen LogP contribution < -0.4 is 4.74 Å². The molecule has 4 rings (SSSR count). The van der Waals surface area contributed by atoms with Crippen molar-refractivity contribution >= 4 is 5.91 Å². The van der Waals surface area contributed by atoms with E-state index < -0.39 is 0 Å². The van der Waals surface area contributed by atoms with E-state index in [0.29, 0.717) is 19.1 Å². The molecule has 28 heavy (non-hydrogen) atoms. The molecule has 1 aromatic carbocycles. The molecule has 1 saturated carbocycles. The van der Waals surface area contributed by atoms with Crippen molar-refractivity contribution in [1.82, 2.24) is 9.80 Å². The van der Waals surface area contributed by atoms with Gasteiger partial charge in [-0.25, -0.2) is 0 Å². The van der Waals surface area contributed by atoms with Crippen LogP contribution in [0.3, 0.4) is 0 Å². The number of benzene rings is 1. The van der Waals surface area contributed by atoms with Gasteiger partial charge in [-0.1, -0.05) is 25.0 Å². The van der Waals surface area contributed by atoms with Crippen LogP contribution in [0.4, 0.5) is 0 Å². The Hall–Kier alpha value is -1.55. The minimum Gasteiger partial charge on any atom is -0.492 e. The highest BCUT2D eigenvalue weighted by atomic mass is 16.5. The van der Waals surface area contributed by atoms with Gasteiger partial charge in [-0.05, 0) is 82.2 Å². The zero-order chi connectivity index (χ0) is 19.2. The Labute approximate surface area is 170 Å². The molecule has 1 aromatic rings. The number of amides is 1. The summed E-state index contributed by atoms with van der Waals surface area (Å²) in [6.45, 7) is 4.63. The first kappa shape index (κ1) is 19.8. The molecule has 1 atom stereocenters. The van der Waals surface area contributed by atoms with Crippen LogP contribution in [0.5, 0.6) is 5.75 Å². The highest BCUT2D eigenvalue weighted by Crippen LogP contribution is 2.28. The van der Waals surface area contributed by atoms with Crippen molar-refractivity contribution in [1.29, 1.82) is 0 Å². The Morgan fingerprint density at radius 2 is 1.71 bits per heavy atom. The summed E-state index contributed by atoms with van der Waals surface area (Å²) in [5.74, 6) is 1.59. The highest BCUT2D eigenvalue weighted by molar-refractivity contribution is 5.79. The lowest BCUT2D eigenvalue weighted by Gasteiger charge is -2.36. The van der Waals surface area contributed by atoms with E-state index in [-0.39, 0.29) is 5.92 Å². The molecular formula is C24H36N2O2. The number of rotatable bonds is 1. The largest absolute Gasteiger partial charge is 0.492 e. The van der Waals surface area contributed by atoms with Gasteiger partial charge in [0.1, 0.15) is 12.4 Å². The molecule has 2 heterocycles. The van der Waals surface area contributed by atoms with E-state index in [1.807, 2.05) is 6.07 Å². The molecule has 1 saturated heterocycles. The molecular weight excluding hydrogens is 348 g/mol. The highest BCUT2D eigenvalue weighted by Gasteiger charge is 2.29. The first-order valence-electron chi connectivity index (χ1n) is 11.5. The number of ether oxygens (including phenoxy) is 1. The average Bonchev–Trinajstić information content (AvgIpc) is 2.67. The fraction of sp³-hybridized carbons (Fsp3) is 0.708. The molecule has 4 nitrogen and oxygen atoms in total. The topological polar surface area (TPSA) is 32.8 Å². The van der Waals surface area contributed by atoms with E-state index in [4.69, 9.17) is 4.74 Å². The van der Waals surface area contributed by atoms with Crippen molar-refractivity contribution in [3.63, 3.8) is 0 Å². The molecule has 154 valence electrons. The second kappa shape index (κ2) is 9.78. The zero-order valence-electron chi connectivity index (χ0n) is 17.3. The lowest BCUT2D eigenvalue weighted by Crippen LogP contribution is -2.42. The van der Waals surface area contributed by atoms with Gasteiger partial charge in [0.2, 0.25) is 5.91 Å². The van der Waals surface area contributed by atoms with Gasteiger partial charge in [0.15, 0.2) is 0 Å². The molecule has 4 heteroatoms. The van der Waals surface area contributed by atoms with Crippen LogP contribution in [-0.2, 0) is 11.2 Å². The van der Waals surface area contributed by atoms with Crippen LogP contribution in [0.2, 0.25) is 0 Å². The lowest BCUT2D eigenvalue weighted by atomic mass is 9.84. The summed E-state index contributed by atoms with van der Waals surface area (Å²) in [6.07, 6.45) is 12.1. The van der Waals surface area contributed by atoms with E-state index in [9.17, 15) is 4.79 Å². The van der Waals surface area contributed by atoms with Crippen LogP contribution in [0.25, 0.3) is 0 Å². The quantitative estimate of drug-likeness (QED) is 0.725. The number of nitrogens with zero attached hydrogens (tertiary/aromatic N) is 2. The van der Waals surface area contributed by atoms with Gasteiger partial charge >= 0.3 is 0 Å². The third-order valence-electron chi connectivity index (χ3n) is 6.93. The average molecular weight is 385 g/mol. The summed E-state index contributed by atoms with van der Waals surface area (Å²) in [5, 5.41) is 0. The zero-order valence-corrected chi connectivity index (χ0v) is 17.3. The normalized spacial score (nSPS) is 25.6. The van der Waals surface area contributed by atoms with Gasteiger partial charge in [0.25, 0.3) is 0 Å². The Kier molecular flexibility index (Phi) is 6.90. The number of piperidine rings is 1.